The van der Waals surface area contributed by atoms with E-state index in [1.54, 1.807) is 0 Å². The number of hydrogen-bond acceptors (Lipinski definition) is 3. The molecule has 0 aliphatic carbocycles. The van der Waals surface area contributed by atoms with E-state index in [9.17, 15) is 4.79 Å². The molecular weight excluding hydrogens is 300 g/mol. The van der Waals surface area contributed by atoms with Gasteiger partial charge >= 0.3 is 0 Å². The van der Waals surface area contributed by atoms with Gasteiger partial charge in [0.15, 0.2) is 0 Å². The van der Waals surface area contributed by atoms with Crippen molar-refractivity contribution in [2.45, 2.75) is 44.8 Å². The first-order chi connectivity index (χ1) is 11.4. The van der Waals surface area contributed by atoms with Crippen LogP contribution in [0.5, 0.6) is 0 Å². The van der Waals surface area contributed by atoms with Crippen LogP contribution in [-0.4, -0.2) is 60.6 Å². The number of amides is 1. The largest absolute Gasteiger partial charge is 0.360 e. The highest BCUT2D eigenvalue weighted by molar-refractivity contribution is 5.81. The van der Waals surface area contributed by atoms with Gasteiger partial charge in [-0.25, -0.2) is 0 Å². The van der Waals surface area contributed by atoms with Crippen molar-refractivity contribution in [2.24, 2.45) is 5.92 Å². The maximum Gasteiger partial charge on any atom is 0.251 e. The van der Waals surface area contributed by atoms with Gasteiger partial charge in [-0.15, -0.1) is 0 Å². The van der Waals surface area contributed by atoms with Crippen LogP contribution in [0, 0.1) is 5.92 Å². The molecule has 4 nitrogen and oxygen atoms in total. The predicted octanol–water partition coefficient (Wildman–Crippen LogP) is 3.02. The van der Waals surface area contributed by atoms with Gasteiger partial charge in [0, 0.05) is 33.2 Å². The lowest BCUT2D eigenvalue weighted by atomic mass is 9.87. The maximum absolute atomic E-state index is 12.3. The summed E-state index contributed by atoms with van der Waals surface area (Å²) in [7, 11) is 1.91. The van der Waals surface area contributed by atoms with Crippen molar-refractivity contribution in [3.8, 4) is 0 Å². The number of likely N-dealkylation sites (N-methyl/N-ethyl adjacent to an activating group) is 1. The minimum absolute atomic E-state index is 0.128. The van der Waals surface area contributed by atoms with E-state index in [0.29, 0.717) is 0 Å². The topological polar surface area (TPSA) is 32.8 Å². The van der Waals surface area contributed by atoms with Crippen molar-refractivity contribution in [2.75, 3.05) is 33.2 Å². The standard InChI is InChI=1S/C20H32N2O2/c1-6-8-17(7-2)9-12-22-13-10-20(11-14-22)15-21(5)19(23)18(24-20)16(3)4/h6-8,16,18H,1-2,9-15H2,3-5H3/b17-8+. The van der Waals surface area contributed by atoms with Crippen molar-refractivity contribution < 1.29 is 9.53 Å². The quantitative estimate of drug-likeness (QED) is 0.701. The van der Waals surface area contributed by atoms with E-state index >= 15 is 0 Å². The van der Waals surface area contributed by atoms with Gasteiger partial charge in [0.2, 0.25) is 0 Å². The monoisotopic (exact) mass is 332 g/mol. The van der Waals surface area contributed by atoms with Crippen molar-refractivity contribution in [1.82, 2.24) is 9.80 Å². The van der Waals surface area contributed by atoms with Gasteiger partial charge in [0.05, 0.1) is 5.60 Å². The molecule has 1 atom stereocenters. The summed E-state index contributed by atoms with van der Waals surface area (Å²) >= 11 is 0. The van der Waals surface area contributed by atoms with Crippen LogP contribution in [0.3, 0.4) is 0 Å². The Bertz CT molecular complexity index is 502. The minimum atomic E-state index is -0.293. The average molecular weight is 332 g/mol. The Balaban J connectivity index is 1.91. The number of allylic oxidation sites excluding steroid dienone is 3. The van der Waals surface area contributed by atoms with Crippen molar-refractivity contribution in [3.05, 3.63) is 37.0 Å². The Labute approximate surface area is 146 Å². The number of carbonyl (C=O) groups excluding carboxylic acids is 1. The van der Waals surface area contributed by atoms with Crippen molar-refractivity contribution >= 4 is 5.91 Å². The lowest BCUT2D eigenvalue weighted by Gasteiger charge is -2.49. The second-order valence-electron chi connectivity index (χ2n) is 7.43. The molecule has 0 aromatic rings. The van der Waals surface area contributed by atoms with Crippen LogP contribution in [0.25, 0.3) is 0 Å². The van der Waals surface area contributed by atoms with Gasteiger partial charge in [-0.2, -0.15) is 0 Å². The van der Waals surface area contributed by atoms with Gasteiger partial charge in [0.1, 0.15) is 6.10 Å². The predicted molar refractivity (Wildman–Crippen MR) is 98.8 cm³/mol. The number of morpholine rings is 1. The minimum Gasteiger partial charge on any atom is -0.360 e. The molecule has 1 amide bonds. The third-order valence-electron chi connectivity index (χ3n) is 5.21. The molecule has 24 heavy (non-hydrogen) atoms. The summed E-state index contributed by atoms with van der Waals surface area (Å²) in [5.41, 5.74) is 1.07. The molecule has 1 unspecified atom stereocenters. The van der Waals surface area contributed by atoms with Crippen LogP contribution in [0.15, 0.2) is 37.0 Å². The SMILES string of the molecule is C=C/C=C(\C=C)CCN1CCC2(CC1)CN(C)C(=O)C(C(C)C)O2. The number of piperidine rings is 1. The van der Waals surface area contributed by atoms with Crippen LogP contribution in [0.2, 0.25) is 0 Å². The van der Waals surface area contributed by atoms with Crippen LogP contribution in [-0.2, 0) is 9.53 Å². The molecule has 2 heterocycles. The summed E-state index contributed by atoms with van der Waals surface area (Å²) < 4.78 is 6.33. The lowest BCUT2D eigenvalue weighted by Crippen LogP contribution is -2.62. The zero-order valence-electron chi connectivity index (χ0n) is 15.5. The Hall–Kier alpha value is -1.39. The molecule has 2 saturated heterocycles. The zero-order valence-corrected chi connectivity index (χ0v) is 15.5. The van der Waals surface area contributed by atoms with E-state index in [-0.39, 0.29) is 23.5 Å². The lowest BCUT2D eigenvalue weighted by molar-refractivity contribution is -0.197. The number of rotatable bonds is 6. The first-order valence-corrected chi connectivity index (χ1v) is 9.00. The van der Waals surface area contributed by atoms with Gasteiger partial charge in [-0.1, -0.05) is 45.2 Å². The Kier molecular flexibility index (Phi) is 6.41. The Morgan fingerprint density at radius 1 is 1.38 bits per heavy atom. The second kappa shape index (κ2) is 8.13. The smallest absolute Gasteiger partial charge is 0.251 e. The number of hydrogen-bond donors (Lipinski definition) is 0. The van der Waals surface area contributed by atoms with E-state index in [1.165, 1.54) is 5.57 Å². The van der Waals surface area contributed by atoms with Gasteiger partial charge in [0.25, 0.3) is 5.91 Å². The summed E-state index contributed by atoms with van der Waals surface area (Å²) in [6.45, 7) is 15.5. The second-order valence-corrected chi connectivity index (χ2v) is 7.43. The molecule has 0 aromatic carbocycles. The first-order valence-electron chi connectivity index (χ1n) is 9.00. The van der Waals surface area contributed by atoms with E-state index in [4.69, 9.17) is 4.74 Å². The summed E-state index contributed by atoms with van der Waals surface area (Å²) in [6.07, 6.45) is 8.43. The van der Waals surface area contributed by atoms with E-state index in [1.807, 2.05) is 30.2 Å². The fourth-order valence-electron chi connectivity index (χ4n) is 3.66. The molecule has 2 aliphatic heterocycles. The molecule has 0 saturated carbocycles. The molecule has 134 valence electrons. The van der Waals surface area contributed by atoms with E-state index < -0.39 is 0 Å². The summed E-state index contributed by atoms with van der Waals surface area (Å²) in [4.78, 5) is 16.6. The Morgan fingerprint density at radius 3 is 2.58 bits per heavy atom. The van der Waals surface area contributed by atoms with E-state index in [2.05, 4.69) is 31.9 Å². The van der Waals surface area contributed by atoms with Crippen molar-refractivity contribution in [3.63, 3.8) is 0 Å². The number of likely N-dealkylation sites (tertiary alicyclic amines) is 1. The van der Waals surface area contributed by atoms with Crippen LogP contribution in [0.4, 0.5) is 0 Å². The van der Waals surface area contributed by atoms with Gasteiger partial charge in [-0.05, 0) is 30.8 Å². The highest BCUT2D eigenvalue weighted by Gasteiger charge is 2.46. The maximum atomic E-state index is 12.3. The molecule has 2 aliphatic rings. The average Bonchev–Trinajstić information content (AvgIpc) is 2.56. The Morgan fingerprint density at radius 2 is 2.04 bits per heavy atom. The third-order valence-corrected chi connectivity index (χ3v) is 5.21. The first kappa shape index (κ1) is 18.9. The molecular formula is C20H32N2O2. The summed E-state index contributed by atoms with van der Waals surface area (Å²) in [6, 6.07) is 0. The molecule has 2 rings (SSSR count). The van der Waals surface area contributed by atoms with Gasteiger partial charge < -0.3 is 14.5 Å². The summed E-state index contributed by atoms with van der Waals surface area (Å²) in [5, 5.41) is 0. The van der Waals surface area contributed by atoms with Gasteiger partial charge in [-0.3, -0.25) is 4.79 Å². The number of carbonyl (C=O) groups is 1. The molecule has 4 heteroatoms. The number of ether oxygens (including phenoxy) is 1. The van der Waals surface area contributed by atoms with Crippen molar-refractivity contribution in [1.29, 1.82) is 0 Å². The number of nitrogens with zero attached hydrogens (tertiary/aromatic N) is 2. The molecule has 1 spiro atoms. The normalized spacial score (nSPS) is 25.3. The van der Waals surface area contributed by atoms with Crippen LogP contribution < -0.4 is 0 Å². The molecule has 2 fully saturated rings. The molecule has 0 aromatic heterocycles. The molecule has 0 radical (unpaired) electrons. The van der Waals surface area contributed by atoms with Crippen LogP contribution >= 0.6 is 0 Å². The molecule has 0 bridgehead atoms. The van der Waals surface area contributed by atoms with E-state index in [0.717, 1.165) is 45.4 Å². The third kappa shape index (κ3) is 4.37. The summed E-state index contributed by atoms with van der Waals surface area (Å²) in [5.74, 6) is 0.345. The van der Waals surface area contributed by atoms with Crippen LogP contribution in [0.1, 0.15) is 33.1 Å². The fraction of sp³-hybridized carbons (Fsp3) is 0.650. The molecule has 0 N–H and O–H groups in total. The fourth-order valence-corrected chi connectivity index (χ4v) is 3.66. The highest BCUT2D eigenvalue weighted by Crippen LogP contribution is 2.34. The highest BCUT2D eigenvalue weighted by atomic mass is 16.5. The zero-order chi connectivity index (χ0) is 17.7.